The van der Waals surface area contributed by atoms with Gasteiger partial charge in [-0.15, -0.1) is 0 Å². The van der Waals surface area contributed by atoms with Crippen LogP contribution in [0.1, 0.15) is 44.2 Å². The number of benzene rings is 2. The van der Waals surface area contributed by atoms with E-state index in [1.165, 1.54) is 6.92 Å². The molecule has 1 saturated heterocycles. The minimum absolute atomic E-state index is 0.255. The third kappa shape index (κ3) is 4.57. The number of anilines is 1. The van der Waals surface area contributed by atoms with Crippen molar-refractivity contribution in [1.82, 2.24) is 0 Å². The first-order valence-electron chi connectivity index (χ1n) is 9.68. The molecular weight excluding hydrogens is 402 g/mol. The lowest BCUT2D eigenvalue weighted by Crippen LogP contribution is -2.27. The second-order valence-corrected chi connectivity index (χ2v) is 8.05. The van der Waals surface area contributed by atoms with Crippen LogP contribution < -0.4 is 9.64 Å². The SMILES string of the molecule is CCC(C)c1ccc(N2C(=O)S/C(=C/c3ccccc3OC(C)C(=O)O)C2=O)cc1. The van der Waals surface area contributed by atoms with Gasteiger partial charge in [0.25, 0.3) is 11.1 Å². The van der Waals surface area contributed by atoms with E-state index in [1.807, 2.05) is 12.1 Å². The average molecular weight is 426 g/mol. The first kappa shape index (κ1) is 21.6. The zero-order valence-electron chi connectivity index (χ0n) is 17.0. The number of rotatable bonds is 7. The fourth-order valence-electron chi connectivity index (χ4n) is 2.97. The molecule has 1 heterocycles. The summed E-state index contributed by atoms with van der Waals surface area (Å²) in [5.74, 6) is -0.774. The zero-order chi connectivity index (χ0) is 21.8. The van der Waals surface area contributed by atoms with Crippen molar-refractivity contribution in [1.29, 1.82) is 0 Å². The number of carboxylic acids is 1. The summed E-state index contributed by atoms with van der Waals surface area (Å²) in [4.78, 5) is 37.9. The number of para-hydroxylation sites is 1. The van der Waals surface area contributed by atoms with Crippen molar-refractivity contribution < 1.29 is 24.2 Å². The van der Waals surface area contributed by atoms with E-state index in [2.05, 4.69) is 13.8 Å². The number of carbonyl (C=O) groups is 3. The Kier molecular flexibility index (Phi) is 6.62. The van der Waals surface area contributed by atoms with Crippen LogP contribution in [0.5, 0.6) is 5.75 Å². The van der Waals surface area contributed by atoms with E-state index < -0.39 is 18.0 Å². The van der Waals surface area contributed by atoms with E-state index in [0.717, 1.165) is 28.6 Å². The van der Waals surface area contributed by atoms with Crippen LogP contribution >= 0.6 is 11.8 Å². The molecule has 3 rings (SSSR count). The van der Waals surface area contributed by atoms with Gasteiger partial charge in [-0.25, -0.2) is 9.69 Å². The van der Waals surface area contributed by atoms with Crippen molar-refractivity contribution in [2.24, 2.45) is 0 Å². The minimum Gasteiger partial charge on any atom is -0.479 e. The van der Waals surface area contributed by atoms with Gasteiger partial charge in [0.2, 0.25) is 0 Å². The zero-order valence-corrected chi connectivity index (χ0v) is 17.8. The highest BCUT2D eigenvalue weighted by atomic mass is 32.2. The van der Waals surface area contributed by atoms with Gasteiger partial charge >= 0.3 is 5.97 Å². The Labute approximate surface area is 179 Å². The van der Waals surface area contributed by atoms with Crippen LogP contribution in [0.15, 0.2) is 53.4 Å². The van der Waals surface area contributed by atoms with Crippen LogP contribution in [-0.2, 0) is 9.59 Å². The molecule has 1 aliphatic rings. The van der Waals surface area contributed by atoms with Crippen LogP contribution in [0, 0.1) is 0 Å². The number of carbonyl (C=O) groups excluding carboxylic acids is 2. The van der Waals surface area contributed by atoms with Crippen LogP contribution in [0.25, 0.3) is 6.08 Å². The molecule has 2 atom stereocenters. The van der Waals surface area contributed by atoms with Gasteiger partial charge in [-0.1, -0.05) is 44.2 Å². The van der Waals surface area contributed by atoms with Crippen LogP contribution in [0.3, 0.4) is 0 Å². The van der Waals surface area contributed by atoms with E-state index in [9.17, 15) is 14.4 Å². The van der Waals surface area contributed by atoms with Crippen LogP contribution in [0.2, 0.25) is 0 Å². The molecule has 0 radical (unpaired) electrons. The highest BCUT2D eigenvalue weighted by Crippen LogP contribution is 2.37. The molecule has 156 valence electrons. The quantitative estimate of drug-likeness (QED) is 0.607. The molecule has 0 aliphatic carbocycles. The Morgan fingerprint density at radius 2 is 1.80 bits per heavy atom. The van der Waals surface area contributed by atoms with E-state index in [4.69, 9.17) is 9.84 Å². The van der Waals surface area contributed by atoms with Crippen molar-refractivity contribution in [3.63, 3.8) is 0 Å². The van der Waals surface area contributed by atoms with Gasteiger partial charge in [-0.05, 0) is 60.9 Å². The summed E-state index contributed by atoms with van der Waals surface area (Å²) in [6.45, 7) is 5.66. The predicted octanol–water partition coefficient (Wildman–Crippen LogP) is 5.29. The first-order valence-corrected chi connectivity index (χ1v) is 10.5. The first-order chi connectivity index (χ1) is 14.3. The second-order valence-electron chi connectivity index (χ2n) is 7.05. The number of hydrogen-bond acceptors (Lipinski definition) is 5. The molecule has 7 heteroatoms. The number of ether oxygens (including phenoxy) is 1. The van der Waals surface area contributed by atoms with Crippen molar-refractivity contribution >= 4 is 40.6 Å². The lowest BCUT2D eigenvalue weighted by atomic mass is 9.98. The molecule has 30 heavy (non-hydrogen) atoms. The summed E-state index contributed by atoms with van der Waals surface area (Å²) in [6, 6.07) is 14.2. The molecule has 0 aromatic heterocycles. The van der Waals surface area contributed by atoms with Gasteiger partial charge in [0.05, 0.1) is 10.6 Å². The highest BCUT2D eigenvalue weighted by molar-refractivity contribution is 8.19. The third-order valence-electron chi connectivity index (χ3n) is 4.98. The molecule has 1 aliphatic heterocycles. The predicted molar refractivity (Wildman–Crippen MR) is 118 cm³/mol. The van der Waals surface area contributed by atoms with Gasteiger partial charge in [0.15, 0.2) is 6.10 Å². The summed E-state index contributed by atoms with van der Waals surface area (Å²) < 4.78 is 5.47. The maximum Gasteiger partial charge on any atom is 0.344 e. The van der Waals surface area contributed by atoms with Gasteiger partial charge in [-0.3, -0.25) is 9.59 Å². The Balaban J connectivity index is 1.86. The molecule has 0 bridgehead atoms. The minimum atomic E-state index is -1.09. The molecule has 2 unspecified atom stereocenters. The van der Waals surface area contributed by atoms with E-state index >= 15 is 0 Å². The Morgan fingerprint density at radius 1 is 1.13 bits per heavy atom. The average Bonchev–Trinajstić information content (AvgIpc) is 3.01. The van der Waals surface area contributed by atoms with E-state index in [0.29, 0.717) is 22.9 Å². The smallest absolute Gasteiger partial charge is 0.344 e. The molecule has 1 N–H and O–H groups in total. The van der Waals surface area contributed by atoms with Gasteiger partial charge < -0.3 is 9.84 Å². The number of amides is 2. The standard InChI is InChI=1S/C23H23NO5S/c1-4-14(2)16-9-11-18(12-10-16)24-21(25)20(30-23(24)28)13-17-7-5-6-8-19(17)29-15(3)22(26)27/h5-15H,4H2,1-3H3,(H,26,27)/b20-13+. The summed E-state index contributed by atoms with van der Waals surface area (Å²) in [6.07, 6.45) is 1.52. The van der Waals surface area contributed by atoms with Gasteiger partial charge in [0.1, 0.15) is 5.75 Å². The van der Waals surface area contributed by atoms with Crippen molar-refractivity contribution in [2.75, 3.05) is 4.90 Å². The van der Waals surface area contributed by atoms with Crippen molar-refractivity contribution in [3.8, 4) is 5.75 Å². The summed E-state index contributed by atoms with van der Waals surface area (Å²) >= 11 is 0.847. The molecule has 2 aromatic rings. The molecule has 6 nitrogen and oxygen atoms in total. The fraction of sp³-hybridized carbons (Fsp3) is 0.261. The molecule has 2 aromatic carbocycles. The number of thioether (sulfide) groups is 1. The number of imide groups is 1. The molecule has 2 amide bonds. The highest BCUT2D eigenvalue weighted by Gasteiger charge is 2.36. The Bertz CT molecular complexity index is 999. The monoisotopic (exact) mass is 425 g/mol. The largest absolute Gasteiger partial charge is 0.479 e. The third-order valence-corrected chi connectivity index (χ3v) is 5.85. The maximum atomic E-state index is 12.9. The number of hydrogen-bond donors (Lipinski definition) is 1. The number of aliphatic carboxylic acids is 1. The summed E-state index contributed by atoms with van der Waals surface area (Å²) in [5.41, 5.74) is 2.21. The Morgan fingerprint density at radius 3 is 2.43 bits per heavy atom. The topological polar surface area (TPSA) is 83.9 Å². The molecule has 0 saturated carbocycles. The van der Waals surface area contributed by atoms with E-state index in [1.54, 1.807) is 42.5 Å². The second kappa shape index (κ2) is 9.17. The maximum absolute atomic E-state index is 12.9. The normalized spacial score (nSPS) is 17.3. The summed E-state index contributed by atoms with van der Waals surface area (Å²) in [5, 5.41) is 8.70. The summed E-state index contributed by atoms with van der Waals surface area (Å²) in [7, 11) is 0. The fourth-order valence-corrected chi connectivity index (χ4v) is 3.80. The number of nitrogens with zero attached hydrogens (tertiary/aromatic N) is 1. The molecule has 1 fully saturated rings. The Hall–Kier alpha value is -3.06. The molecular formula is C23H23NO5S. The van der Waals surface area contributed by atoms with Crippen LogP contribution in [0.4, 0.5) is 10.5 Å². The van der Waals surface area contributed by atoms with Crippen molar-refractivity contribution in [2.45, 2.75) is 39.2 Å². The molecule has 0 spiro atoms. The lowest BCUT2D eigenvalue weighted by Gasteiger charge is -2.15. The van der Waals surface area contributed by atoms with E-state index in [-0.39, 0.29) is 10.1 Å². The number of carboxylic acid groups (broad SMARTS) is 1. The van der Waals surface area contributed by atoms with Crippen LogP contribution in [-0.4, -0.2) is 28.3 Å². The van der Waals surface area contributed by atoms with Gasteiger partial charge in [0, 0.05) is 5.56 Å². The van der Waals surface area contributed by atoms with Gasteiger partial charge in [-0.2, -0.15) is 0 Å². The lowest BCUT2D eigenvalue weighted by molar-refractivity contribution is -0.144. The van der Waals surface area contributed by atoms with Crippen molar-refractivity contribution in [3.05, 3.63) is 64.6 Å².